The lowest BCUT2D eigenvalue weighted by molar-refractivity contribution is -0.123. The van der Waals surface area contributed by atoms with Gasteiger partial charge < -0.3 is 10.2 Å². The number of halogens is 1. The van der Waals surface area contributed by atoms with Gasteiger partial charge in [0.2, 0.25) is 5.91 Å². The zero-order valence-electron chi connectivity index (χ0n) is 12.0. The molecule has 0 aromatic carbocycles. The molecular weight excluding hydrogens is 352 g/mol. The summed E-state index contributed by atoms with van der Waals surface area (Å²) in [5, 5.41) is 3.97. The third-order valence-electron chi connectivity index (χ3n) is 3.98. The lowest BCUT2D eigenvalue weighted by Gasteiger charge is -2.33. The molecule has 7 heteroatoms. The minimum atomic E-state index is 0.251. The first-order valence-electron chi connectivity index (χ1n) is 7.29. The highest BCUT2D eigenvalue weighted by Gasteiger charge is 2.32. The summed E-state index contributed by atoms with van der Waals surface area (Å²) in [5.41, 5.74) is 0. The third kappa shape index (κ3) is 3.69. The van der Waals surface area contributed by atoms with E-state index in [1.54, 1.807) is 11.8 Å². The van der Waals surface area contributed by atoms with Gasteiger partial charge in [0, 0.05) is 31.2 Å². The van der Waals surface area contributed by atoms with Gasteiger partial charge in [-0.15, -0.1) is 0 Å². The first-order chi connectivity index (χ1) is 10.2. The van der Waals surface area contributed by atoms with E-state index in [1.165, 1.54) is 0 Å². The normalized spacial score (nSPS) is 19.6. The minimum absolute atomic E-state index is 0.251. The number of rotatable bonds is 4. The second-order valence-electron chi connectivity index (χ2n) is 5.57. The lowest BCUT2D eigenvalue weighted by atomic mass is 10.0. The lowest BCUT2D eigenvalue weighted by Crippen LogP contribution is -2.45. The maximum atomic E-state index is 11.8. The average molecular weight is 371 g/mol. The second kappa shape index (κ2) is 6.52. The van der Waals surface area contributed by atoms with Crippen LogP contribution in [0.1, 0.15) is 25.7 Å². The van der Waals surface area contributed by atoms with E-state index >= 15 is 0 Å². The van der Waals surface area contributed by atoms with Crippen molar-refractivity contribution in [2.45, 2.75) is 36.9 Å². The predicted octanol–water partition coefficient (Wildman–Crippen LogP) is 2.46. The fourth-order valence-electron chi connectivity index (χ4n) is 2.56. The van der Waals surface area contributed by atoms with Crippen LogP contribution in [0.3, 0.4) is 0 Å². The molecule has 5 nitrogen and oxygen atoms in total. The van der Waals surface area contributed by atoms with Gasteiger partial charge in [0.25, 0.3) is 0 Å². The van der Waals surface area contributed by atoms with Crippen molar-refractivity contribution in [2.75, 3.05) is 24.2 Å². The maximum absolute atomic E-state index is 11.8. The largest absolute Gasteiger partial charge is 0.355 e. The Bertz CT molecular complexity index is 530. The van der Waals surface area contributed by atoms with Crippen molar-refractivity contribution >= 4 is 39.4 Å². The van der Waals surface area contributed by atoms with E-state index in [0.717, 1.165) is 54.2 Å². The summed E-state index contributed by atoms with van der Waals surface area (Å²) in [4.78, 5) is 22.9. The zero-order valence-corrected chi connectivity index (χ0v) is 14.4. The van der Waals surface area contributed by atoms with Crippen LogP contribution in [0.15, 0.2) is 15.8 Å². The number of amides is 1. The number of nitrogens with zero attached hydrogens (tertiary/aromatic N) is 3. The topological polar surface area (TPSA) is 58.1 Å². The Kier molecular flexibility index (Phi) is 4.69. The van der Waals surface area contributed by atoms with E-state index < -0.39 is 0 Å². The van der Waals surface area contributed by atoms with Crippen molar-refractivity contribution in [3.63, 3.8) is 0 Å². The van der Waals surface area contributed by atoms with Crippen LogP contribution in [0, 0.1) is 5.92 Å². The van der Waals surface area contributed by atoms with Gasteiger partial charge in [-0.1, -0.05) is 11.8 Å². The van der Waals surface area contributed by atoms with E-state index in [4.69, 9.17) is 0 Å². The molecule has 1 saturated heterocycles. The number of piperidine rings is 1. The highest BCUT2D eigenvalue weighted by Crippen LogP contribution is 2.30. The minimum Gasteiger partial charge on any atom is -0.355 e. The molecule has 0 radical (unpaired) electrons. The predicted molar refractivity (Wildman–Crippen MR) is 87.6 cm³/mol. The van der Waals surface area contributed by atoms with Crippen molar-refractivity contribution in [3.8, 4) is 0 Å². The van der Waals surface area contributed by atoms with Gasteiger partial charge in [0.15, 0.2) is 5.16 Å². The Hall–Kier alpha value is -0.820. The number of hydrogen-bond donors (Lipinski definition) is 1. The Labute approximate surface area is 137 Å². The zero-order chi connectivity index (χ0) is 14.8. The average Bonchev–Trinajstić information content (AvgIpc) is 3.33. The van der Waals surface area contributed by atoms with Crippen molar-refractivity contribution < 1.29 is 4.79 Å². The van der Waals surface area contributed by atoms with Gasteiger partial charge >= 0.3 is 0 Å². The van der Waals surface area contributed by atoms with Gasteiger partial charge in [-0.25, -0.2) is 9.97 Å². The monoisotopic (exact) mass is 370 g/mol. The molecule has 1 amide bonds. The smallest absolute Gasteiger partial charge is 0.223 e. The van der Waals surface area contributed by atoms with Crippen molar-refractivity contribution in [3.05, 3.63) is 10.7 Å². The molecule has 2 fully saturated rings. The van der Waals surface area contributed by atoms with E-state index in [2.05, 4.69) is 36.1 Å². The Morgan fingerprint density at radius 2 is 2.10 bits per heavy atom. The number of thioether (sulfide) groups is 1. The molecule has 0 bridgehead atoms. The highest BCUT2D eigenvalue weighted by atomic mass is 79.9. The summed E-state index contributed by atoms with van der Waals surface area (Å²) in [6.45, 7) is 1.83. The maximum Gasteiger partial charge on any atom is 0.223 e. The molecule has 0 atom stereocenters. The SMILES string of the molecule is CSc1ncc(Br)c(N2CCC(NC(=O)C3CC3)CC2)n1. The highest BCUT2D eigenvalue weighted by molar-refractivity contribution is 9.10. The molecule has 2 aliphatic rings. The number of anilines is 1. The van der Waals surface area contributed by atoms with E-state index in [0.29, 0.717) is 12.0 Å². The first kappa shape index (κ1) is 15.1. The summed E-state index contributed by atoms with van der Waals surface area (Å²) < 4.78 is 0.931. The summed E-state index contributed by atoms with van der Waals surface area (Å²) in [5.74, 6) is 1.51. The molecule has 1 aromatic rings. The number of aromatic nitrogens is 2. The molecule has 1 saturated carbocycles. The molecular formula is C14H19BrN4OS. The molecule has 2 heterocycles. The van der Waals surface area contributed by atoms with Gasteiger partial charge in [0.05, 0.1) is 4.47 Å². The van der Waals surface area contributed by atoms with Crippen LogP contribution in [0.25, 0.3) is 0 Å². The van der Waals surface area contributed by atoms with E-state index in [-0.39, 0.29) is 5.91 Å². The number of hydrogen-bond acceptors (Lipinski definition) is 5. The van der Waals surface area contributed by atoms with Crippen LogP contribution in [0.4, 0.5) is 5.82 Å². The van der Waals surface area contributed by atoms with Crippen LogP contribution in [0.2, 0.25) is 0 Å². The third-order valence-corrected chi connectivity index (χ3v) is 5.10. The van der Waals surface area contributed by atoms with Gasteiger partial charge in [-0.3, -0.25) is 4.79 Å². The molecule has 3 rings (SSSR count). The summed E-state index contributed by atoms with van der Waals surface area (Å²) in [6, 6.07) is 0.315. The van der Waals surface area contributed by atoms with Crippen LogP contribution in [-0.2, 0) is 4.79 Å². The molecule has 0 spiro atoms. The van der Waals surface area contributed by atoms with Crippen molar-refractivity contribution in [1.82, 2.24) is 15.3 Å². The summed E-state index contributed by atoms with van der Waals surface area (Å²) >= 11 is 5.08. The van der Waals surface area contributed by atoms with Crippen LogP contribution in [0.5, 0.6) is 0 Å². The Balaban J connectivity index is 1.58. The van der Waals surface area contributed by atoms with Crippen LogP contribution in [-0.4, -0.2) is 41.3 Å². The van der Waals surface area contributed by atoms with Gasteiger partial charge in [-0.05, 0) is 47.9 Å². The standard InChI is InChI=1S/C14H19BrN4OS/c1-21-14-16-8-11(15)12(18-14)19-6-4-10(5-7-19)17-13(20)9-2-3-9/h8-10H,2-7H2,1H3,(H,17,20). The van der Waals surface area contributed by atoms with Crippen LogP contribution < -0.4 is 10.2 Å². The molecule has 114 valence electrons. The molecule has 1 aliphatic carbocycles. The fraction of sp³-hybridized carbons (Fsp3) is 0.643. The van der Waals surface area contributed by atoms with Crippen molar-refractivity contribution in [1.29, 1.82) is 0 Å². The quantitative estimate of drug-likeness (QED) is 0.651. The van der Waals surface area contributed by atoms with Crippen LogP contribution >= 0.6 is 27.7 Å². The summed E-state index contributed by atoms with van der Waals surface area (Å²) in [7, 11) is 0. The summed E-state index contributed by atoms with van der Waals surface area (Å²) in [6.07, 6.45) is 7.88. The van der Waals surface area contributed by atoms with E-state index in [9.17, 15) is 4.79 Å². The molecule has 1 aromatic heterocycles. The Morgan fingerprint density at radius 3 is 2.71 bits per heavy atom. The molecule has 21 heavy (non-hydrogen) atoms. The van der Waals surface area contributed by atoms with E-state index in [1.807, 2.05) is 12.5 Å². The number of carbonyl (C=O) groups excluding carboxylic acids is 1. The second-order valence-corrected chi connectivity index (χ2v) is 7.20. The molecule has 1 aliphatic heterocycles. The molecule has 1 N–H and O–H groups in total. The molecule has 0 unspecified atom stereocenters. The number of carbonyl (C=O) groups is 1. The van der Waals surface area contributed by atoms with Gasteiger partial charge in [-0.2, -0.15) is 0 Å². The number of nitrogens with one attached hydrogen (secondary N) is 1. The van der Waals surface area contributed by atoms with Crippen molar-refractivity contribution in [2.24, 2.45) is 5.92 Å². The first-order valence-corrected chi connectivity index (χ1v) is 9.31. The Morgan fingerprint density at radius 1 is 1.38 bits per heavy atom. The fourth-order valence-corrected chi connectivity index (χ4v) is 3.34. The van der Waals surface area contributed by atoms with Gasteiger partial charge in [0.1, 0.15) is 5.82 Å².